The molecule has 0 radical (unpaired) electrons. The molecular formula is C14H26N2O2. The molecule has 0 aromatic heterocycles. The molecular weight excluding hydrogens is 228 g/mol. The highest BCUT2D eigenvalue weighted by atomic mass is 16.5. The van der Waals surface area contributed by atoms with E-state index in [1.165, 1.54) is 52.3 Å². The van der Waals surface area contributed by atoms with Crippen LogP contribution in [-0.4, -0.2) is 61.6 Å². The summed E-state index contributed by atoms with van der Waals surface area (Å²) in [6.45, 7) is 5.41. The summed E-state index contributed by atoms with van der Waals surface area (Å²) in [6, 6.07) is 0.835. The van der Waals surface area contributed by atoms with Crippen LogP contribution in [0.2, 0.25) is 0 Å². The molecule has 4 nitrogen and oxygen atoms in total. The lowest BCUT2D eigenvalue weighted by atomic mass is 9.94. The van der Waals surface area contributed by atoms with Crippen molar-refractivity contribution in [2.45, 2.75) is 44.6 Å². The normalized spacial score (nSPS) is 24.1. The molecule has 1 aliphatic heterocycles. The summed E-state index contributed by atoms with van der Waals surface area (Å²) in [5.41, 5.74) is 0. The molecule has 0 N–H and O–H groups in total. The van der Waals surface area contributed by atoms with Crippen molar-refractivity contribution >= 4 is 5.97 Å². The van der Waals surface area contributed by atoms with Crippen LogP contribution in [0, 0.1) is 0 Å². The van der Waals surface area contributed by atoms with Crippen LogP contribution in [0.5, 0.6) is 0 Å². The van der Waals surface area contributed by atoms with Gasteiger partial charge in [-0.3, -0.25) is 9.69 Å². The monoisotopic (exact) mass is 254 g/mol. The van der Waals surface area contributed by atoms with Crippen LogP contribution in [0.25, 0.3) is 0 Å². The van der Waals surface area contributed by atoms with Gasteiger partial charge in [0.25, 0.3) is 0 Å². The van der Waals surface area contributed by atoms with E-state index in [0.717, 1.165) is 25.7 Å². The Bertz CT molecular complexity index is 257. The van der Waals surface area contributed by atoms with Crippen molar-refractivity contribution in [3.05, 3.63) is 0 Å². The van der Waals surface area contributed by atoms with Gasteiger partial charge in [0.1, 0.15) is 0 Å². The van der Waals surface area contributed by atoms with E-state index in [0.29, 0.717) is 6.42 Å². The van der Waals surface area contributed by atoms with Crippen molar-refractivity contribution in [2.24, 2.45) is 0 Å². The van der Waals surface area contributed by atoms with E-state index in [1.54, 1.807) is 0 Å². The Morgan fingerprint density at radius 1 is 1.11 bits per heavy atom. The Kier molecular flexibility index (Phi) is 5.45. The third-order valence-corrected chi connectivity index (χ3v) is 4.36. The lowest BCUT2D eigenvalue weighted by molar-refractivity contribution is -0.141. The van der Waals surface area contributed by atoms with Crippen LogP contribution in [-0.2, 0) is 9.53 Å². The topological polar surface area (TPSA) is 32.8 Å². The lowest BCUT2D eigenvalue weighted by Gasteiger charge is -2.40. The van der Waals surface area contributed by atoms with E-state index >= 15 is 0 Å². The van der Waals surface area contributed by atoms with Crippen molar-refractivity contribution in [2.75, 3.05) is 39.8 Å². The molecule has 1 saturated carbocycles. The fraction of sp³-hybridized carbons (Fsp3) is 0.929. The zero-order chi connectivity index (χ0) is 12.8. The molecule has 104 valence electrons. The molecule has 0 aromatic rings. The van der Waals surface area contributed by atoms with Gasteiger partial charge < -0.3 is 9.64 Å². The smallest absolute Gasteiger partial charge is 0.306 e. The quantitative estimate of drug-likeness (QED) is 0.712. The van der Waals surface area contributed by atoms with Crippen molar-refractivity contribution in [3.8, 4) is 0 Å². The fourth-order valence-electron chi connectivity index (χ4n) is 3.15. The number of nitrogens with zero attached hydrogens (tertiary/aromatic N) is 2. The van der Waals surface area contributed by atoms with E-state index in [9.17, 15) is 4.79 Å². The second kappa shape index (κ2) is 7.10. The maximum Gasteiger partial charge on any atom is 0.306 e. The minimum absolute atomic E-state index is 0.0929. The van der Waals surface area contributed by atoms with Gasteiger partial charge >= 0.3 is 5.97 Å². The third-order valence-electron chi connectivity index (χ3n) is 4.36. The van der Waals surface area contributed by atoms with Gasteiger partial charge in [-0.15, -0.1) is 0 Å². The van der Waals surface area contributed by atoms with Gasteiger partial charge in [-0.2, -0.15) is 0 Å². The Labute approximate surface area is 110 Å². The molecule has 4 heteroatoms. The largest absolute Gasteiger partial charge is 0.469 e. The van der Waals surface area contributed by atoms with Crippen LogP contribution in [0.4, 0.5) is 0 Å². The molecule has 0 spiro atoms. The summed E-state index contributed by atoms with van der Waals surface area (Å²) in [4.78, 5) is 16.2. The van der Waals surface area contributed by atoms with Gasteiger partial charge in [0.15, 0.2) is 0 Å². The molecule has 1 aliphatic carbocycles. The molecule has 18 heavy (non-hydrogen) atoms. The van der Waals surface area contributed by atoms with Crippen LogP contribution in [0.1, 0.15) is 38.5 Å². The highest BCUT2D eigenvalue weighted by Gasteiger charge is 2.25. The summed E-state index contributed by atoms with van der Waals surface area (Å²) >= 11 is 0. The van der Waals surface area contributed by atoms with Crippen LogP contribution in [0.15, 0.2) is 0 Å². The van der Waals surface area contributed by atoms with Gasteiger partial charge in [-0.1, -0.05) is 19.3 Å². The number of hydrogen-bond acceptors (Lipinski definition) is 4. The average Bonchev–Trinajstić information content (AvgIpc) is 2.46. The summed E-state index contributed by atoms with van der Waals surface area (Å²) in [7, 11) is 1.46. The van der Waals surface area contributed by atoms with E-state index in [1.807, 2.05) is 0 Å². The minimum Gasteiger partial charge on any atom is -0.469 e. The molecule has 2 fully saturated rings. The Morgan fingerprint density at radius 3 is 2.39 bits per heavy atom. The predicted octanol–water partition coefficient (Wildman–Crippen LogP) is 1.50. The minimum atomic E-state index is -0.0929. The number of methoxy groups -OCH3 is 1. The highest BCUT2D eigenvalue weighted by molar-refractivity contribution is 5.69. The van der Waals surface area contributed by atoms with Gasteiger partial charge in [0.2, 0.25) is 0 Å². The third kappa shape index (κ3) is 3.95. The standard InChI is InChI=1S/C14H26N2O2/c1-18-14(17)7-8-15-9-11-16(12-10-15)13-5-3-2-4-6-13/h13H,2-12H2,1H3. The molecule has 0 atom stereocenters. The van der Waals surface area contributed by atoms with Gasteiger partial charge in [0, 0.05) is 38.8 Å². The number of hydrogen-bond donors (Lipinski definition) is 0. The summed E-state index contributed by atoms with van der Waals surface area (Å²) < 4.78 is 4.68. The molecule has 2 rings (SSSR count). The number of piperazine rings is 1. The molecule has 0 amide bonds. The second-order valence-corrected chi connectivity index (χ2v) is 5.50. The maximum absolute atomic E-state index is 11.1. The number of carbonyl (C=O) groups is 1. The van der Waals surface area contributed by atoms with Crippen molar-refractivity contribution in [3.63, 3.8) is 0 Å². The molecule has 1 heterocycles. The zero-order valence-electron chi connectivity index (χ0n) is 11.6. The summed E-state index contributed by atoms with van der Waals surface area (Å²) in [6.07, 6.45) is 7.56. The van der Waals surface area contributed by atoms with Crippen LogP contribution >= 0.6 is 0 Å². The van der Waals surface area contributed by atoms with Gasteiger partial charge in [0.05, 0.1) is 13.5 Å². The first-order chi connectivity index (χ1) is 8.79. The molecule has 0 aromatic carbocycles. The molecule has 0 unspecified atom stereocenters. The average molecular weight is 254 g/mol. The molecule has 1 saturated heterocycles. The van der Waals surface area contributed by atoms with Crippen LogP contribution in [0.3, 0.4) is 0 Å². The number of ether oxygens (including phenoxy) is 1. The Morgan fingerprint density at radius 2 is 1.78 bits per heavy atom. The zero-order valence-corrected chi connectivity index (χ0v) is 11.6. The van der Waals surface area contributed by atoms with E-state index < -0.39 is 0 Å². The first kappa shape index (κ1) is 13.8. The fourth-order valence-corrected chi connectivity index (χ4v) is 3.15. The van der Waals surface area contributed by atoms with Crippen molar-refractivity contribution in [1.29, 1.82) is 0 Å². The number of carbonyl (C=O) groups excluding carboxylic acids is 1. The Hall–Kier alpha value is -0.610. The van der Waals surface area contributed by atoms with Gasteiger partial charge in [-0.25, -0.2) is 0 Å². The summed E-state index contributed by atoms with van der Waals surface area (Å²) in [5.74, 6) is -0.0929. The first-order valence-electron chi connectivity index (χ1n) is 7.33. The molecule has 2 aliphatic rings. The SMILES string of the molecule is COC(=O)CCN1CCN(C2CCCCC2)CC1. The van der Waals surface area contributed by atoms with Crippen molar-refractivity contribution < 1.29 is 9.53 Å². The predicted molar refractivity (Wildman–Crippen MR) is 71.5 cm³/mol. The maximum atomic E-state index is 11.1. The van der Waals surface area contributed by atoms with E-state index in [4.69, 9.17) is 0 Å². The highest BCUT2D eigenvalue weighted by Crippen LogP contribution is 2.23. The Balaban J connectivity index is 1.66. The first-order valence-corrected chi connectivity index (χ1v) is 7.33. The van der Waals surface area contributed by atoms with Crippen LogP contribution < -0.4 is 0 Å². The number of esters is 1. The van der Waals surface area contributed by atoms with Gasteiger partial charge in [-0.05, 0) is 12.8 Å². The summed E-state index contributed by atoms with van der Waals surface area (Å²) in [5, 5.41) is 0. The number of rotatable bonds is 4. The van der Waals surface area contributed by atoms with Crippen molar-refractivity contribution in [1.82, 2.24) is 9.80 Å². The lowest BCUT2D eigenvalue weighted by Crippen LogP contribution is -2.51. The van der Waals surface area contributed by atoms with E-state index in [-0.39, 0.29) is 5.97 Å². The van der Waals surface area contributed by atoms with E-state index in [2.05, 4.69) is 14.5 Å². The second-order valence-electron chi connectivity index (χ2n) is 5.50. The molecule has 0 bridgehead atoms.